The number of carbonyl (C=O) groups excluding carboxylic acids is 3. The predicted molar refractivity (Wildman–Crippen MR) is 134 cm³/mol. The number of amides is 2. The lowest BCUT2D eigenvalue weighted by molar-refractivity contribution is -0.157. The molecule has 1 fully saturated rings. The van der Waals surface area contributed by atoms with E-state index in [1.807, 2.05) is 30.3 Å². The molecule has 200 valence electrons. The third kappa shape index (κ3) is 9.51. The van der Waals surface area contributed by atoms with E-state index in [9.17, 15) is 24.3 Å². The number of ether oxygens (including phenoxy) is 2. The quantitative estimate of drug-likeness (QED) is 0.354. The normalized spacial score (nSPS) is 16.8. The van der Waals surface area contributed by atoms with Gasteiger partial charge in [0.2, 0.25) is 5.91 Å². The van der Waals surface area contributed by atoms with Crippen LogP contribution in [-0.2, 0) is 30.5 Å². The van der Waals surface area contributed by atoms with Gasteiger partial charge in [-0.3, -0.25) is 14.5 Å². The Balaban J connectivity index is 2.16. The van der Waals surface area contributed by atoms with E-state index in [1.165, 1.54) is 9.80 Å². The summed E-state index contributed by atoms with van der Waals surface area (Å²) in [6.45, 7) is 7.53. The van der Waals surface area contributed by atoms with Gasteiger partial charge in [0.25, 0.3) is 0 Å². The fourth-order valence-corrected chi connectivity index (χ4v) is 4.15. The topological polar surface area (TPSA) is 113 Å². The summed E-state index contributed by atoms with van der Waals surface area (Å²) < 4.78 is 11.0. The Labute approximate surface area is 213 Å². The lowest BCUT2D eigenvalue weighted by atomic mass is 9.95. The van der Waals surface area contributed by atoms with Crippen molar-refractivity contribution >= 4 is 23.9 Å². The number of piperazine rings is 1. The van der Waals surface area contributed by atoms with Crippen LogP contribution in [0.25, 0.3) is 0 Å². The second-order valence-electron chi connectivity index (χ2n) is 10.2. The summed E-state index contributed by atoms with van der Waals surface area (Å²) in [5.41, 5.74) is 0.0418. The van der Waals surface area contributed by atoms with Gasteiger partial charge >= 0.3 is 18.0 Å². The minimum atomic E-state index is -1.05. The van der Waals surface area contributed by atoms with Gasteiger partial charge in [0.15, 0.2) is 6.04 Å². The van der Waals surface area contributed by atoms with Gasteiger partial charge in [-0.1, -0.05) is 62.9 Å². The van der Waals surface area contributed by atoms with Crippen molar-refractivity contribution in [3.63, 3.8) is 0 Å². The zero-order valence-electron chi connectivity index (χ0n) is 21.9. The van der Waals surface area contributed by atoms with Gasteiger partial charge < -0.3 is 19.5 Å². The molecule has 0 spiro atoms. The Bertz CT molecular complexity index is 882. The van der Waals surface area contributed by atoms with Crippen LogP contribution in [0.1, 0.15) is 71.8 Å². The van der Waals surface area contributed by atoms with Crippen LogP contribution in [0.2, 0.25) is 0 Å². The molecule has 1 aromatic rings. The number of carboxylic acids is 1. The highest BCUT2D eigenvalue weighted by Crippen LogP contribution is 2.22. The summed E-state index contributed by atoms with van der Waals surface area (Å²) in [5, 5.41) is 9.36. The summed E-state index contributed by atoms with van der Waals surface area (Å²) >= 11 is 0. The fraction of sp³-hybridized carbons (Fsp3) is 0.630. The average Bonchev–Trinajstić information content (AvgIpc) is 2.83. The van der Waals surface area contributed by atoms with Crippen molar-refractivity contribution < 1.29 is 33.8 Å². The molecule has 2 amide bonds. The van der Waals surface area contributed by atoms with Crippen LogP contribution in [0, 0.1) is 5.92 Å². The van der Waals surface area contributed by atoms with Gasteiger partial charge in [0.05, 0.1) is 13.0 Å². The summed E-state index contributed by atoms with van der Waals surface area (Å²) in [5.74, 6) is -2.65. The number of hydrogen-bond donors (Lipinski definition) is 1. The van der Waals surface area contributed by atoms with Crippen molar-refractivity contribution in [3.8, 4) is 0 Å². The Morgan fingerprint density at radius 3 is 2.36 bits per heavy atom. The van der Waals surface area contributed by atoms with Crippen LogP contribution in [0.5, 0.6) is 0 Å². The number of carboxylic acid groups (broad SMARTS) is 1. The third-order valence-electron chi connectivity index (χ3n) is 5.99. The summed E-state index contributed by atoms with van der Waals surface area (Å²) in [6.07, 6.45) is 3.31. The van der Waals surface area contributed by atoms with Gasteiger partial charge in [-0.2, -0.15) is 0 Å². The predicted octanol–water partition coefficient (Wildman–Crippen LogP) is 4.24. The molecule has 0 unspecified atom stereocenters. The molecule has 1 saturated heterocycles. The Morgan fingerprint density at radius 2 is 1.75 bits per heavy atom. The number of benzene rings is 1. The molecule has 0 aromatic heterocycles. The van der Waals surface area contributed by atoms with Crippen LogP contribution in [0.15, 0.2) is 30.3 Å². The number of rotatable bonds is 11. The zero-order chi connectivity index (χ0) is 26.7. The van der Waals surface area contributed by atoms with E-state index in [4.69, 9.17) is 9.47 Å². The van der Waals surface area contributed by atoms with E-state index >= 15 is 0 Å². The first-order chi connectivity index (χ1) is 17.0. The van der Waals surface area contributed by atoms with Crippen LogP contribution in [0.3, 0.4) is 0 Å². The van der Waals surface area contributed by atoms with E-state index in [2.05, 4.69) is 6.92 Å². The van der Waals surface area contributed by atoms with Crippen molar-refractivity contribution in [1.29, 1.82) is 0 Å². The minimum absolute atomic E-state index is 0.0331. The van der Waals surface area contributed by atoms with Crippen LogP contribution < -0.4 is 0 Å². The highest BCUT2D eigenvalue weighted by Gasteiger charge is 2.41. The van der Waals surface area contributed by atoms with Gasteiger partial charge in [-0.15, -0.1) is 0 Å². The minimum Gasteiger partial charge on any atom is -0.481 e. The van der Waals surface area contributed by atoms with Crippen LogP contribution in [-0.4, -0.2) is 70.1 Å². The molecule has 1 aliphatic heterocycles. The molecular formula is C27H40N2O7. The fourth-order valence-electron chi connectivity index (χ4n) is 4.15. The van der Waals surface area contributed by atoms with Gasteiger partial charge in [0, 0.05) is 19.0 Å². The zero-order valence-corrected chi connectivity index (χ0v) is 21.9. The Kier molecular flexibility index (Phi) is 11.2. The summed E-state index contributed by atoms with van der Waals surface area (Å²) in [4.78, 5) is 53.5. The van der Waals surface area contributed by atoms with Crippen molar-refractivity contribution in [3.05, 3.63) is 35.9 Å². The van der Waals surface area contributed by atoms with Crippen molar-refractivity contribution in [1.82, 2.24) is 9.80 Å². The number of carbonyl (C=O) groups is 4. The molecule has 0 aliphatic carbocycles. The van der Waals surface area contributed by atoms with E-state index in [1.54, 1.807) is 20.8 Å². The number of hydrogen-bond acceptors (Lipinski definition) is 6. The largest absolute Gasteiger partial charge is 0.481 e. The van der Waals surface area contributed by atoms with E-state index in [0.717, 1.165) is 31.2 Å². The monoisotopic (exact) mass is 504 g/mol. The van der Waals surface area contributed by atoms with Crippen LogP contribution >= 0.6 is 0 Å². The summed E-state index contributed by atoms with van der Waals surface area (Å²) in [7, 11) is 0. The summed E-state index contributed by atoms with van der Waals surface area (Å²) in [6, 6.07) is 8.12. The molecule has 9 heteroatoms. The highest BCUT2D eigenvalue weighted by molar-refractivity contribution is 5.86. The van der Waals surface area contributed by atoms with E-state index < -0.39 is 35.6 Å². The number of nitrogens with zero attached hydrogens (tertiary/aromatic N) is 2. The molecule has 1 aliphatic rings. The molecule has 2 atom stereocenters. The maximum Gasteiger partial charge on any atom is 0.411 e. The first-order valence-corrected chi connectivity index (χ1v) is 12.7. The average molecular weight is 505 g/mol. The Morgan fingerprint density at radius 1 is 1.06 bits per heavy atom. The number of esters is 1. The molecule has 9 nitrogen and oxygen atoms in total. The molecule has 0 radical (unpaired) electrons. The van der Waals surface area contributed by atoms with E-state index in [0.29, 0.717) is 6.42 Å². The Hall–Kier alpha value is -3.10. The first-order valence-electron chi connectivity index (χ1n) is 12.7. The SMILES string of the molecule is CCCCCC[C@H](CC(=O)O)C(=O)N1CCN(C(=O)OC(C)(C)C)[C@H](C(=O)OCc2ccccc2)C1. The standard InChI is InChI=1S/C27H40N2O7/c1-5-6-7-11-14-21(17-23(30)31)24(32)28-15-16-29(26(34)36-27(2,3)4)22(18-28)25(33)35-19-20-12-9-8-10-13-20/h8-10,12-13,21-22H,5-7,11,14-19H2,1-4H3,(H,30,31)/t21-,22+/m1/s1. The molecule has 36 heavy (non-hydrogen) atoms. The molecule has 1 N–H and O–H groups in total. The maximum atomic E-state index is 13.3. The molecule has 2 rings (SSSR count). The number of unbranched alkanes of at least 4 members (excludes halogenated alkanes) is 3. The lowest BCUT2D eigenvalue weighted by Gasteiger charge is -2.41. The first kappa shape index (κ1) is 29.1. The van der Waals surface area contributed by atoms with E-state index in [-0.39, 0.29) is 38.6 Å². The lowest BCUT2D eigenvalue weighted by Crippen LogP contribution is -2.61. The third-order valence-corrected chi connectivity index (χ3v) is 5.99. The van der Waals surface area contributed by atoms with Gasteiger partial charge in [-0.25, -0.2) is 9.59 Å². The number of aliphatic carboxylic acids is 1. The highest BCUT2D eigenvalue weighted by atomic mass is 16.6. The van der Waals surface area contributed by atoms with Crippen LogP contribution in [0.4, 0.5) is 4.79 Å². The second-order valence-corrected chi connectivity index (χ2v) is 10.2. The smallest absolute Gasteiger partial charge is 0.411 e. The molecular weight excluding hydrogens is 464 g/mol. The van der Waals surface area contributed by atoms with Crippen molar-refractivity contribution in [2.75, 3.05) is 19.6 Å². The van der Waals surface area contributed by atoms with Gasteiger partial charge in [0.1, 0.15) is 12.2 Å². The molecule has 0 saturated carbocycles. The molecule has 1 heterocycles. The van der Waals surface area contributed by atoms with Crippen molar-refractivity contribution in [2.24, 2.45) is 5.92 Å². The maximum absolute atomic E-state index is 13.3. The molecule has 0 bridgehead atoms. The van der Waals surface area contributed by atoms with Crippen molar-refractivity contribution in [2.45, 2.75) is 84.5 Å². The molecule has 1 aromatic carbocycles. The van der Waals surface area contributed by atoms with Gasteiger partial charge in [-0.05, 0) is 32.8 Å². The second kappa shape index (κ2) is 13.8.